The van der Waals surface area contributed by atoms with Gasteiger partial charge in [0.1, 0.15) is 4.83 Å². The Labute approximate surface area is 341 Å². The number of rotatable bonds is 2. The fourth-order valence-electron chi connectivity index (χ4n) is 10.4. The van der Waals surface area contributed by atoms with Crippen LogP contribution in [0.5, 0.6) is 0 Å². The van der Waals surface area contributed by atoms with Crippen LogP contribution in [0.4, 0.5) is 0 Å². The predicted molar refractivity (Wildman–Crippen MR) is 248 cm³/mol. The second-order valence-corrected chi connectivity index (χ2v) is 17.0. The largest absolute Gasteiger partial charge is 0.308 e. The summed E-state index contributed by atoms with van der Waals surface area (Å²) in [5, 5.41) is 13.3. The van der Waals surface area contributed by atoms with E-state index < -0.39 is 0 Å². The van der Waals surface area contributed by atoms with Crippen LogP contribution in [0.3, 0.4) is 0 Å². The van der Waals surface area contributed by atoms with Crippen molar-refractivity contribution in [1.29, 1.82) is 0 Å². The van der Waals surface area contributed by atoms with Crippen molar-refractivity contribution in [2.75, 3.05) is 0 Å². The maximum atomic E-state index is 5.73. The first-order valence-electron chi connectivity index (χ1n) is 20.4. The van der Waals surface area contributed by atoms with E-state index >= 15 is 0 Å². The molecule has 0 amide bonds. The highest BCUT2D eigenvalue weighted by molar-refractivity contribution is 7.25. The molecule has 14 rings (SSSR count). The molecule has 4 nitrogen and oxygen atoms in total. The fourth-order valence-corrected chi connectivity index (χ4v) is 11.5. The molecule has 2 aliphatic rings. The summed E-state index contributed by atoms with van der Waals surface area (Å²) in [6, 6.07) is 58.0. The Morgan fingerprint density at radius 3 is 2.02 bits per heavy atom. The van der Waals surface area contributed by atoms with Crippen molar-refractivity contribution in [3.63, 3.8) is 0 Å². The molecule has 0 bridgehead atoms. The SMILES string of the molecule is C1=c2c(n(-c3nc(-c4cc5ccccc5c5ccccc45)c4c(n3)sc3ccccc34)c3cc4c5cccc6c5n(c4cc23)-c2ccccc2-c2ccccc2-6)=CCC1. The van der Waals surface area contributed by atoms with Crippen molar-refractivity contribution in [2.24, 2.45) is 0 Å². The summed E-state index contributed by atoms with van der Waals surface area (Å²) in [4.78, 5) is 12.3. The number of aromatic nitrogens is 4. The lowest BCUT2D eigenvalue weighted by Crippen LogP contribution is -2.31. The van der Waals surface area contributed by atoms with Gasteiger partial charge >= 0.3 is 0 Å². The van der Waals surface area contributed by atoms with Crippen LogP contribution in [0.25, 0.3) is 132 Å². The summed E-state index contributed by atoms with van der Waals surface area (Å²) in [6.07, 6.45) is 6.80. The second-order valence-electron chi connectivity index (χ2n) is 15.9. The third-order valence-corrected chi connectivity index (χ3v) is 14.0. The van der Waals surface area contributed by atoms with Gasteiger partial charge in [-0.2, -0.15) is 0 Å². The van der Waals surface area contributed by atoms with E-state index in [1.807, 2.05) is 0 Å². The Bertz CT molecular complexity index is 3970. The third kappa shape index (κ3) is 4.22. The molecule has 0 atom stereocenters. The van der Waals surface area contributed by atoms with Gasteiger partial charge in [-0.3, -0.25) is 4.57 Å². The van der Waals surface area contributed by atoms with Gasteiger partial charge in [-0.05, 0) is 75.8 Å². The normalized spacial score (nSPS) is 13.2. The maximum absolute atomic E-state index is 5.73. The molecule has 59 heavy (non-hydrogen) atoms. The minimum absolute atomic E-state index is 0.707. The second kappa shape index (κ2) is 11.6. The van der Waals surface area contributed by atoms with Gasteiger partial charge in [0.05, 0.1) is 33.3 Å². The number of hydrogen-bond acceptors (Lipinski definition) is 3. The van der Waals surface area contributed by atoms with Crippen LogP contribution in [0.1, 0.15) is 12.8 Å². The minimum Gasteiger partial charge on any atom is -0.308 e. The zero-order chi connectivity index (χ0) is 38.3. The molecule has 0 unspecified atom stereocenters. The molecule has 4 aromatic heterocycles. The molecule has 0 fully saturated rings. The lowest BCUT2D eigenvalue weighted by Gasteiger charge is -2.14. The summed E-state index contributed by atoms with van der Waals surface area (Å²) in [7, 11) is 0. The Morgan fingerprint density at radius 1 is 0.458 bits per heavy atom. The van der Waals surface area contributed by atoms with Gasteiger partial charge in [0.2, 0.25) is 5.95 Å². The maximum Gasteiger partial charge on any atom is 0.236 e. The summed E-state index contributed by atoms with van der Waals surface area (Å²) in [6.45, 7) is 0. The van der Waals surface area contributed by atoms with Gasteiger partial charge < -0.3 is 4.57 Å². The molecular weight excluding hydrogens is 737 g/mol. The van der Waals surface area contributed by atoms with Crippen LogP contribution < -0.4 is 10.6 Å². The van der Waals surface area contributed by atoms with Crippen molar-refractivity contribution in [2.45, 2.75) is 12.8 Å². The van der Waals surface area contributed by atoms with E-state index in [1.165, 1.54) is 97.3 Å². The molecule has 0 saturated carbocycles. The van der Waals surface area contributed by atoms with Crippen LogP contribution in [0.2, 0.25) is 0 Å². The number of para-hydroxylation sites is 2. The van der Waals surface area contributed by atoms with Gasteiger partial charge in [0, 0.05) is 53.5 Å². The van der Waals surface area contributed by atoms with E-state index in [1.54, 1.807) is 11.3 Å². The van der Waals surface area contributed by atoms with Gasteiger partial charge in [-0.25, -0.2) is 9.97 Å². The van der Waals surface area contributed by atoms with Crippen LogP contribution >= 0.6 is 11.3 Å². The molecule has 0 N–H and O–H groups in total. The van der Waals surface area contributed by atoms with Crippen LogP contribution in [-0.4, -0.2) is 19.1 Å². The average molecular weight is 769 g/mol. The van der Waals surface area contributed by atoms with Crippen LogP contribution in [-0.2, 0) is 0 Å². The van der Waals surface area contributed by atoms with E-state index in [2.05, 4.69) is 179 Å². The zero-order valence-electron chi connectivity index (χ0n) is 31.8. The van der Waals surface area contributed by atoms with Gasteiger partial charge in [-0.1, -0.05) is 140 Å². The molecule has 0 radical (unpaired) electrons. The number of thiophene rings is 1. The molecule has 5 heteroatoms. The first-order valence-corrected chi connectivity index (χ1v) is 21.2. The number of benzene rings is 8. The molecule has 1 aliphatic carbocycles. The number of fused-ring (bicyclic) bond motifs is 17. The lowest BCUT2D eigenvalue weighted by molar-refractivity contribution is 0.940. The standard InChI is InChI=1S/C54H32N4S/c1-2-15-32-31(14-1)28-44(36-19-6-3-16-33(32)36)51-50-41-22-9-12-27-49(41)59-53(50)56-54(55-51)58-46-26-11-8-21-38(46)42-29-47-43(30-48(42)58)40-24-13-23-39-35-18-5-4-17-34(35)37-20-7-10-25-45(37)57(47)52(39)40/h1-7,9-10,12-30H,8,11H2. The summed E-state index contributed by atoms with van der Waals surface area (Å²) in [5.41, 5.74) is 11.9. The Kier molecular flexibility index (Phi) is 6.25. The molecule has 12 aromatic rings. The lowest BCUT2D eigenvalue weighted by atomic mass is 9.94. The van der Waals surface area contributed by atoms with Crippen LogP contribution in [0, 0.1) is 0 Å². The first kappa shape index (κ1) is 31.7. The van der Waals surface area contributed by atoms with E-state index in [0.29, 0.717) is 5.95 Å². The van der Waals surface area contributed by atoms with E-state index in [0.717, 1.165) is 39.8 Å². The first-order chi connectivity index (χ1) is 29.3. The summed E-state index contributed by atoms with van der Waals surface area (Å²) < 4.78 is 6.10. The molecule has 0 saturated heterocycles. The van der Waals surface area contributed by atoms with Crippen molar-refractivity contribution < 1.29 is 0 Å². The Morgan fingerprint density at radius 2 is 1.12 bits per heavy atom. The van der Waals surface area contributed by atoms with E-state index in [9.17, 15) is 0 Å². The van der Waals surface area contributed by atoms with Crippen molar-refractivity contribution in [3.8, 4) is 45.1 Å². The fraction of sp³-hybridized carbons (Fsp3) is 0.0370. The summed E-state index contributed by atoms with van der Waals surface area (Å²) in [5.74, 6) is 0.707. The van der Waals surface area contributed by atoms with Crippen molar-refractivity contribution in [1.82, 2.24) is 19.1 Å². The minimum atomic E-state index is 0.707. The Hall–Kier alpha value is -7.34. The highest BCUT2D eigenvalue weighted by Gasteiger charge is 2.27. The molecule has 0 spiro atoms. The van der Waals surface area contributed by atoms with Gasteiger partial charge in [0.25, 0.3) is 0 Å². The Balaban J connectivity index is 1.13. The van der Waals surface area contributed by atoms with Crippen molar-refractivity contribution in [3.05, 3.63) is 168 Å². The average Bonchev–Trinajstić information content (AvgIpc) is 3.92. The predicted octanol–water partition coefficient (Wildman–Crippen LogP) is 12.9. The molecule has 1 aliphatic heterocycles. The van der Waals surface area contributed by atoms with E-state index in [4.69, 9.17) is 9.97 Å². The zero-order valence-corrected chi connectivity index (χ0v) is 32.6. The molecular formula is C54H32N4S. The number of nitrogens with zero attached hydrogens (tertiary/aromatic N) is 4. The third-order valence-electron chi connectivity index (χ3n) is 12.9. The van der Waals surface area contributed by atoms with E-state index in [-0.39, 0.29) is 0 Å². The molecule has 8 aromatic carbocycles. The molecule has 5 heterocycles. The highest BCUT2D eigenvalue weighted by atomic mass is 32.1. The monoisotopic (exact) mass is 768 g/mol. The number of hydrogen-bond donors (Lipinski definition) is 0. The quantitative estimate of drug-likeness (QED) is 0.164. The smallest absolute Gasteiger partial charge is 0.236 e. The highest BCUT2D eigenvalue weighted by Crippen LogP contribution is 2.47. The van der Waals surface area contributed by atoms with Crippen molar-refractivity contribution >= 4 is 98.0 Å². The molecule has 274 valence electrons. The van der Waals surface area contributed by atoms with Crippen LogP contribution in [0.15, 0.2) is 158 Å². The van der Waals surface area contributed by atoms with Gasteiger partial charge in [0.15, 0.2) is 0 Å². The topological polar surface area (TPSA) is 35.6 Å². The summed E-state index contributed by atoms with van der Waals surface area (Å²) >= 11 is 1.76. The van der Waals surface area contributed by atoms with Gasteiger partial charge in [-0.15, -0.1) is 11.3 Å².